The molecule has 0 unspecified atom stereocenters. The van der Waals surface area contributed by atoms with Gasteiger partial charge < -0.3 is 20.3 Å². The van der Waals surface area contributed by atoms with Gasteiger partial charge >= 0.3 is 6.09 Å². The molecule has 1 aliphatic rings. The number of nitrogens with one attached hydrogen (secondary N) is 3. The molecule has 0 spiro atoms. The van der Waals surface area contributed by atoms with Crippen molar-refractivity contribution in [1.82, 2.24) is 9.55 Å². The van der Waals surface area contributed by atoms with Gasteiger partial charge in [0.25, 0.3) is 5.91 Å². The number of nitrogens with zero attached hydrogens (tertiary/aromatic N) is 3. The maximum Gasteiger partial charge on any atom is 0.418 e. The van der Waals surface area contributed by atoms with Gasteiger partial charge in [-0.3, -0.25) is 23.9 Å². The average molecular weight is 633 g/mol. The highest BCUT2D eigenvalue weighted by molar-refractivity contribution is 7.92. The number of fused-ring (bicyclic) bond motifs is 1. The highest BCUT2D eigenvalue weighted by Crippen LogP contribution is 2.28. The summed E-state index contributed by atoms with van der Waals surface area (Å²) in [6.45, 7) is 6.69. The molecule has 45 heavy (non-hydrogen) atoms. The molecule has 3 N–H and O–H groups in total. The molecule has 3 heterocycles. The van der Waals surface area contributed by atoms with Crippen LogP contribution in [0.5, 0.6) is 0 Å². The average Bonchev–Trinajstić information content (AvgIpc) is 3.40. The van der Waals surface area contributed by atoms with Crippen molar-refractivity contribution < 1.29 is 27.5 Å². The van der Waals surface area contributed by atoms with Crippen molar-refractivity contribution in [3.05, 3.63) is 78.8 Å². The first-order valence-electron chi connectivity index (χ1n) is 14.5. The summed E-state index contributed by atoms with van der Waals surface area (Å²) in [7, 11) is -3.61. The number of hydrogen-bond donors (Lipinski definition) is 3. The summed E-state index contributed by atoms with van der Waals surface area (Å²) < 4.78 is 33.1. The van der Waals surface area contributed by atoms with Crippen LogP contribution in [0.4, 0.5) is 27.5 Å². The minimum Gasteiger partial charge on any atom is -0.443 e. The fourth-order valence-electron chi connectivity index (χ4n) is 5.19. The Morgan fingerprint density at radius 1 is 0.911 bits per heavy atom. The molecule has 1 fully saturated rings. The third-order valence-electron chi connectivity index (χ3n) is 7.26. The highest BCUT2D eigenvalue weighted by atomic mass is 32.2. The summed E-state index contributed by atoms with van der Waals surface area (Å²) in [5, 5.41) is 6.48. The van der Waals surface area contributed by atoms with Crippen LogP contribution in [-0.4, -0.2) is 60.8 Å². The number of benzene rings is 2. The quantitative estimate of drug-likeness (QED) is 0.248. The van der Waals surface area contributed by atoms with E-state index in [4.69, 9.17) is 4.74 Å². The molecule has 13 heteroatoms. The van der Waals surface area contributed by atoms with Crippen LogP contribution >= 0.6 is 0 Å². The van der Waals surface area contributed by atoms with E-state index in [1.807, 2.05) is 12.1 Å². The van der Waals surface area contributed by atoms with Gasteiger partial charge in [-0.2, -0.15) is 0 Å². The summed E-state index contributed by atoms with van der Waals surface area (Å²) in [6, 6.07) is 15.1. The van der Waals surface area contributed by atoms with Crippen molar-refractivity contribution in [2.24, 2.45) is 5.92 Å². The largest absolute Gasteiger partial charge is 0.443 e. The molecule has 0 bridgehead atoms. The van der Waals surface area contributed by atoms with Gasteiger partial charge in [-0.15, -0.1) is 0 Å². The van der Waals surface area contributed by atoms with Crippen LogP contribution in [0.15, 0.2) is 73.2 Å². The van der Waals surface area contributed by atoms with Crippen molar-refractivity contribution in [3.8, 4) is 0 Å². The van der Waals surface area contributed by atoms with Gasteiger partial charge in [0.1, 0.15) is 5.60 Å². The zero-order chi connectivity index (χ0) is 32.4. The van der Waals surface area contributed by atoms with E-state index in [-0.39, 0.29) is 28.8 Å². The maximum absolute atomic E-state index is 13.6. The van der Waals surface area contributed by atoms with Crippen molar-refractivity contribution in [3.63, 3.8) is 0 Å². The van der Waals surface area contributed by atoms with Gasteiger partial charge in [-0.1, -0.05) is 6.07 Å². The van der Waals surface area contributed by atoms with E-state index in [1.54, 1.807) is 63.6 Å². The molecule has 236 valence electrons. The first-order chi connectivity index (χ1) is 21.3. The lowest BCUT2D eigenvalue weighted by Gasteiger charge is -2.33. The van der Waals surface area contributed by atoms with Crippen molar-refractivity contribution in [2.45, 2.75) is 39.2 Å². The Labute approximate surface area is 261 Å². The molecular weight excluding hydrogens is 596 g/mol. The summed E-state index contributed by atoms with van der Waals surface area (Å²) in [6.07, 6.45) is 6.75. The van der Waals surface area contributed by atoms with Gasteiger partial charge in [0, 0.05) is 54.4 Å². The second-order valence-corrected chi connectivity index (χ2v) is 13.7. The summed E-state index contributed by atoms with van der Waals surface area (Å²) >= 11 is 0. The van der Waals surface area contributed by atoms with Gasteiger partial charge in [-0.05, 0) is 82.1 Å². The highest BCUT2D eigenvalue weighted by Gasteiger charge is 2.27. The van der Waals surface area contributed by atoms with Gasteiger partial charge in [0.15, 0.2) is 0 Å². The lowest BCUT2D eigenvalue weighted by molar-refractivity contribution is -0.120. The number of carbonyl (C=O) groups is 3. The van der Waals surface area contributed by atoms with Crippen LogP contribution < -0.4 is 20.3 Å². The normalized spacial score (nSPS) is 14.2. The Hall–Kier alpha value is -4.91. The van der Waals surface area contributed by atoms with E-state index in [1.165, 1.54) is 22.8 Å². The van der Waals surface area contributed by atoms with Gasteiger partial charge in [0.05, 0.1) is 28.7 Å². The lowest BCUT2D eigenvalue weighted by atomic mass is 9.95. The van der Waals surface area contributed by atoms with Gasteiger partial charge in [0.2, 0.25) is 15.9 Å². The van der Waals surface area contributed by atoms with E-state index >= 15 is 0 Å². The monoisotopic (exact) mass is 632 g/mol. The smallest absolute Gasteiger partial charge is 0.418 e. The predicted octanol–water partition coefficient (Wildman–Crippen LogP) is 5.30. The van der Waals surface area contributed by atoms with Crippen LogP contribution in [-0.2, 0) is 19.6 Å². The first-order valence-corrected chi connectivity index (χ1v) is 16.4. The van der Waals surface area contributed by atoms with E-state index in [2.05, 4.69) is 25.2 Å². The van der Waals surface area contributed by atoms with Crippen molar-refractivity contribution in [1.29, 1.82) is 0 Å². The fourth-order valence-corrected chi connectivity index (χ4v) is 5.74. The SMILES string of the molecule is CC(C)(C)OC(=O)n1ccc2ccc(NC(=O)c3ccc(NS(C)(=O)=O)cc3NC(=O)C3CCN(c4ccncc4)CC3)cc21. The number of anilines is 4. The molecule has 0 aliphatic carbocycles. The molecule has 0 atom stereocenters. The molecule has 1 aliphatic heterocycles. The first kappa shape index (κ1) is 31.5. The van der Waals surface area contributed by atoms with Crippen molar-refractivity contribution in [2.75, 3.05) is 39.6 Å². The molecule has 4 aromatic rings. The number of carbonyl (C=O) groups excluding carboxylic acids is 3. The second kappa shape index (κ2) is 12.6. The maximum atomic E-state index is 13.6. The topological polar surface area (TPSA) is 152 Å². The Morgan fingerprint density at radius 2 is 1.60 bits per heavy atom. The minimum absolute atomic E-state index is 0.138. The Kier molecular flexibility index (Phi) is 8.82. The number of ether oxygens (including phenoxy) is 1. The number of sulfonamides is 1. The standard InChI is InChI=1S/C32H36N6O6S/c1-32(2,3)44-31(41)38-18-13-21-5-6-23(20-28(21)38)34-30(40)26-8-7-24(36-45(4,42)43)19-27(26)35-29(39)22-11-16-37(17-12-22)25-9-14-33-15-10-25/h5-10,13-15,18-20,22,36H,11-12,16-17H2,1-4H3,(H,34,40)(H,35,39). The van der Waals surface area contributed by atoms with Crippen LogP contribution in [0, 0.1) is 5.92 Å². The Balaban J connectivity index is 1.36. The zero-order valence-electron chi connectivity index (χ0n) is 25.5. The van der Waals surface area contributed by atoms with Crippen LogP contribution in [0.1, 0.15) is 44.0 Å². The van der Waals surface area contributed by atoms with Crippen LogP contribution in [0.3, 0.4) is 0 Å². The third kappa shape index (κ3) is 7.98. The second-order valence-electron chi connectivity index (χ2n) is 12.0. The predicted molar refractivity (Wildman–Crippen MR) is 174 cm³/mol. The number of piperidine rings is 1. The van der Waals surface area contributed by atoms with E-state index in [0.29, 0.717) is 37.1 Å². The number of hydrogen-bond acceptors (Lipinski definition) is 8. The molecule has 12 nitrogen and oxygen atoms in total. The van der Waals surface area contributed by atoms with Crippen molar-refractivity contribution >= 4 is 61.6 Å². The Bertz CT molecular complexity index is 1840. The van der Waals surface area contributed by atoms with E-state index < -0.39 is 27.6 Å². The number of rotatable bonds is 7. The number of aromatic nitrogens is 2. The molecule has 2 aromatic heterocycles. The Morgan fingerprint density at radius 3 is 2.27 bits per heavy atom. The summed E-state index contributed by atoms with van der Waals surface area (Å²) in [4.78, 5) is 46.0. The molecule has 2 aromatic carbocycles. The van der Waals surface area contributed by atoms with E-state index in [0.717, 1.165) is 17.3 Å². The molecule has 1 saturated heterocycles. The lowest BCUT2D eigenvalue weighted by Crippen LogP contribution is -2.38. The van der Waals surface area contributed by atoms with Crippen LogP contribution in [0.2, 0.25) is 0 Å². The number of pyridine rings is 1. The van der Waals surface area contributed by atoms with Crippen LogP contribution in [0.25, 0.3) is 10.9 Å². The molecule has 0 radical (unpaired) electrons. The minimum atomic E-state index is -3.61. The zero-order valence-corrected chi connectivity index (χ0v) is 26.3. The van der Waals surface area contributed by atoms with Gasteiger partial charge in [-0.25, -0.2) is 13.2 Å². The summed E-state index contributed by atoms with van der Waals surface area (Å²) in [5.41, 5.74) is 1.82. The molecule has 2 amide bonds. The molecule has 0 saturated carbocycles. The molecular formula is C32H36N6O6S. The number of amides is 2. The fraction of sp³-hybridized carbons (Fsp3) is 0.312. The summed E-state index contributed by atoms with van der Waals surface area (Å²) in [5.74, 6) is -1.08. The van der Waals surface area contributed by atoms with E-state index in [9.17, 15) is 22.8 Å². The third-order valence-corrected chi connectivity index (χ3v) is 7.87. The molecule has 5 rings (SSSR count).